The standard InChI is InChI=1S/C29H37NO6SSi/c1-7-37-28-22(30-25(31)19-15-11-12-16-20(19)26(30)32)24(36-38(5,6)29(2,3)4)23-21(34-28)17-33-27(35-23)18-13-9-8-10-14-18/h8-16,21-24,27-28H,7,17H2,1-6H3/t21-,22-,23+,24-,27+,28+/m1/s1. The van der Waals surface area contributed by atoms with E-state index in [2.05, 4.69) is 33.9 Å². The number of nitrogens with zero attached hydrogens (tertiary/aromatic N) is 1. The van der Waals surface area contributed by atoms with Gasteiger partial charge >= 0.3 is 0 Å². The normalized spacial score (nSPS) is 29.8. The number of thioether (sulfide) groups is 1. The van der Waals surface area contributed by atoms with Crippen LogP contribution in [0.25, 0.3) is 0 Å². The molecule has 3 aliphatic heterocycles. The molecule has 0 aromatic heterocycles. The van der Waals surface area contributed by atoms with Gasteiger partial charge in [0, 0.05) is 5.56 Å². The third-order valence-corrected chi connectivity index (χ3v) is 13.6. The summed E-state index contributed by atoms with van der Waals surface area (Å²) in [6, 6.07) is 16.1. The lowest BCUT2D eigenvalue weighted by Gasteiger charge is -2.53. The number of hydrogen-bond acceptors (Lipinski definition) is 7. The Morgan fingerprint density at radius 1 is 0.974 bits per heavy atom. The number of fused-ring (bicyclic) bond motifs is 2. The van der Waals surface area contributed by atoms with Crippen LogP contribution in [0.2, 0.25) is 18.1 Å². The molecule has 2 amide bonds. The number of imide groups is 1. The highest BCUT2D eigenvalue weighted by molar-refractivity contribution is 7.99. The first-order valence-corrected chi connectivity index (χ1v) is 17.2. The number of ether oxygens (including phenoxy) is 3. The fourth-order valence-electron chi connectivity index (χ4n) is 5.04. The van der Waals surface area contributed by atoms with Crippen LogP contribution in [-0.4, -0.2) is 67.2 Å². The van der Waals surface area contributed by atoms with E-state index in [1.807, 2.05) is 37.3 Å². The first-order chi connectivity index (χ1) is 18.0. The summed E-state index contributed by atoms with van der Waals surface area (Å²) in [6.45, 7) is 13.3. The maximum absolute atomic E-state index is 13.7. The van der Waals surface area contributed by atoms with Crippen molar-refractivity contribution < 1.29 is 28.2 Å². The molecule has 3 aliphatic rings. The minimum absolute atomic E-state index is 0.0925. The van der Waals surface area contributed by atoms with Crippen molar-refractivity contribution in [2.45, 2.75) is 81.9 Å². The molecule has 0 radical (unpaired) electrons. The van der Waals surface area contributed by atoms with Crippen molar-refractivity contribution in [3.63, 3.8) is 0 Å². The van der Waals surface area contributed by atoms with Crippen molar-refractivity contribution in [1.29, 1.82) is 0 Å². The molecule has 0 N–H and O–H groups in total. The maximum Gasteiger partial charge on any atom is 0.262 e. The molecule has 0 aliphatic carbocycles. The van der Waals surface area contributed by atoms with E-state index in [0.717, 1.165) is 11.3 Å². The van der Waals surface area contributed by atoms with Crippen LogP contribution in [0.15, 0.2) is 54.6 Å². The van der Waals surface area contributed by atoms with E-state index in [-0.39, 0.29) is 23.0 Å². The molecule has 0 bridgehead atoms. The molecule has 0 saturated carbocycles. The highest BCUT2D eigenvalue weighted by Crippen LogP contribution is 2.45. The van der Waals surface area contributed by atoms with E-state index in [4.69, 9.17) is 18.6 Å². The summed E-state index contributed by atoms with van der Waals surface area (Å²) in [5.74, 6) is 0.132. The van der Waals surface area contributed by atoms with Crippen LogP contribution in [0.4, 0.5) is 0 Å². The molecule has 2 saturated heterocycles. The van der Waals surface area contributed by atoms with Gasteiger partial charge in [-0.25, -0.2) is 0 Å². The summed E-state index contributed by atoms with van der Waals surface area (Å²) in [4.78, 5) is 28.9. The van der Waals surface area contributed by atoms with E-state index in [1.54, 1.807) is 36.0 Å². The predicted molar refractivity (Wildman–Crippen MR) is 150 cm³/mol. The summed E-state index contributed by atoms with van der Waals surface area (Å²) in [5, 5.41) is -0.0925. The number of rotatable bonds is 6. The number of benzene rings is 2. The highest BCUT2D eigenvalue weighted by atomic mass is 32.2. The van der Waals surface area contributed by atoms with Gasteiger partial charge in [0.2, 0.25) is 0 Å². The summed E-state index contributed by atoms with van der Waals surface area (Å²) in [5.41, 5.74) is 1.26. The molecule has 7 nitrogen and oxygen atoms in total. The van der Waals surface area contributed by atoms with E-state index in [1.165, 1.54) is 4.90 Å². The average Bonchev–Trinajstić information content (AvgIpc) is 3.14. The molecule has 2 aromatic rings. The topological polar surface area (TPSA) is 74.3 Å². The van der Waals surface area contributed by atoms with Crippen molar-refractivity contribution in [1.82, 2.24) is 4.90 Å². The molecule has 3 heterocycles. The lowest BCUT2D eigenvalue weighted by atomic mass is 9.95. The van der Waals surface area contributed by atoms with E-state index in [9.17, 15) is 9.59 Å². The molecule has 6 atom stereocenters. The van der Waals surface area contributed by atoms with E-state index in [0.29, 0.717) is 17.7 Å². The second-order valence-corrected chi connectivity index (χ2v) is 17.7. The van der Waals surface area contributed by atoms with Gasteiger partial charge in [-0.2, -0.15) is 0 Å². The molecule has 38 heavy (non-hydrogen) atoms. The van der Waals surface area contributed by atoms with Gasteiger partial charge in [0.05, 0.1) is 23.8 Å². The molecule has 0 spiro atoms. The predicted octanol–water partition coefficient (Wildman–Crippen LogP) is 5.63. The summed E-state index contributed by atoms with van der Waals surface area (Å²) in [6.07, 6.45) is -2.08. The number of carbonyl (C=O) groups excluding carboxylic acids is 2. The van der Waals surface area contributed by atoms with E-state index >= 15 is 0 Å². The van der Waals surface area contributed by atoms with Gasteiger partial charge in [-0.15, -0.1) is 11.8 Å². The first kappa shape index (κ1) is 27.5. The minimum Gasteiger partial charge on any atom is -0.409 e. The van der Waals surface area contributed by atoms with E-state index < -0.39 is 38.3 Å². The zero-order valence-corrected chi connectivity index (χ0v) is 24.7. The van der Waals surface area contributed by atoms with Crippen LogP contribution in [0, 0.1) is 0 Å². The maximum atomic E-state index is 13.7. The number of amides is 2. The molecule has 9 heteroatoms. The fraction of sp³-hybridized carbons (Fsp3) is 0.517. The molecule has 2 fully saturated rings. The van der Waals surface area contributed by atoms with Gasteiger partial charge in [-0.1, -0.05) is 70.2 Å². The van der Waals surface area contributed by atoms with Crippen molar-refractivity contribution in [2.75, 3.05) is 12.4 Å². The van der Waals surface area contributed by atoms with Gasteiger partial charge < -0.3 is 18.6 Å². The van der Waals surface area contributed by atoms with Crippen molar-refractivity contribution in [2.24, 2.45) is 0 Å². The van der Waals surface area contributed by atoms with Gasteiger partial charge in [0.15, 0.2) is 14.6 Å². The Morgan fingerprint density at radius 3 is 2.16 bits per heavy atom. The Bertz CT molecular complexity index is 1150. The van der Waals surface area contributed by atoms with Gasteiger partial charge in [-0.05, 0) is 36.0 Å². The van der Waals surface area contributed by atoms with Crippen LogP contribution in [0.3, 0.4) is 0 Å². The summed E-state index contributed by atoms with van der Waals surface area (Å²) < 4.78 is 26.4. The molecular formula is C29H37NO6SSi. The van der Waals surface area contributed by atoms with Crippen molar-refractivity contribution in [3.8, 4) is 0 Å². The zero-order chi connectivity index (χ0) is 27.2. The largest absolute Gasteiger partial charge is 0.409 e. The lowest BCUT2D eigenvalue weighted by Crippen LogP contribution is -2.69. The van der Waals surface area contributed by atoms with Crippen LogP contribution >= 0.6 is 11.8 Å². The van der Waals surface area contributed by atoms with Crippen molar-refractivity contribution in [3.05, 3.63) is 71.3 Å². The van der Waals surface area contributed by atoms with Gasteiger partial charge in [0.25, 0.3) is 11.8 Å². The molecule has 0 unspecified atom stereocenters. The second-order valence-electron chi connectivity index (χ2n) is 11.5. The molecule has 204 valence electrons. The SMILES string of the molecule is CCS[C@@H]1O[C@@H]2CO[C@H](c3ccccc3)O[C@@H]2[C@H](O[Si](C)(C)C(C)(C)C)[C@H]1N1C(=O)c2ccccc2C1=O. The average molecular weight is 556 g/mol. The highest BCUT2D eigenvalue weighted by Gasteiger charge is 2.58. The Balaban J connectivity index is 1.58. The minimum atomic E-state index is -2.37. The lowest BCUT2D eigenvalue weighted by molar-refractivity contribution is -0.307. The summed E-state index contributed by atoms with van der Waals surface area (Å²) >= 11 is 1.58. The van der Waals surface area contributed by atoms with Crippen LogP contribution < -0.4 is 0 Å². The quantitative estimate of drug-likeness (QED) is 0.338. The molecule has 5 rings (SSSR count). The fourth-order valence-corrected chi connectivity index (χ4v) is 7.37. The number of hydrogen-bond donors (Lipinski definition) is 0. The second kappa shape index (κ2) is 10.5. The number of carbonyl (C=O) groups is 2. The van der Waals surface area contributed by atoms with Crippen LogP contribution in [0.1, 0.15) is 60.3 Å². The Kier molecular flexibility index (Phi) is 7.63. The Hall–Kier alpha value is -2.01. The molecular weight excluding hydrogens is 518 g/mol. The smallest absolute Gasteiger partial charge is 0.262 e. The first-order valence-electron chi connectivity index (χ1n) is 13.3. The zero-order valence-electron chi connectivity index (χ0n) is 22.9. The third kappa shape index (κ3) is 4.89. The monoisotopic (exact) mass is 555 g/mol. The van der Waals surface area contributed by atoms with Gasteiger partial charge in [-0.3, -0.25) is 14.5 Å². The Morgan fingerprint density at radius 2 is 1.58 bits per heavy atom. The summed E-state index contributed by atoms with van der Waals surface area (Å²) in [7, 11) is -2.37. The van der Waals surface area contributed by atoms with Crippen molar-refractivity contribution >= 4 is 31.9 Å². The van der Waals surface area contributed by atoms with Gasteiger partial charge in [0.1, 0.15) is 23.7 Å². The molecule has 2 aromatic carbocycles. The van der Waals surface area contributed by atoms with Crippen LogP contribution in [-0.2, 0) is 18.6 Å². The van der Waals surface area contributed by atoms with Crippen LogP contribution in [0.5, 0.6) is 0 Å². The Labute approximate surface area is 230 Å². The third-order valence-electron chi connectivity index (χ3n) is 8.07.